The number of β-amino-alcohol motifs (C(OH)–C–C–N with tert-alkyl or cyclic N) is 1. The Morgan fingerprint density at radius 2 is 1.89 bits per heavy atom. The predicted molar refractivity (Wildman–Crippen MR) is 139 cm³/mol. The first kappa shape index (κ1) is 26.2. The molecule has 7 nitrogen and oxygen atoms in total. The van der Waals surface area contributed by atoms with E-state index >= 15 is 0 Å². The molecule has 0 saturated heterocycles. The number of nitrogens with zero attached hydrogens (tertiary/aromatic N) is 1. The molecule has 7 heteroatoms. The van der Waals surface area contributed by atoms with Gasteiger partial charge in [0.1, 0.15) is 11.6 Å². The van der Waals surface area contributed by atoms with Gasteiger partial charge in [-0.3, -0.25) is 4.79 Å². The van der Waals surface area contributed by atoms with E-state index in [1.807, 2.05) is 44.2 Å². The lowest BCUT2D eigenvalue weighted by molar-refractivity contribution is 0.0954. The van der Waals surface area contributed by atoms with Gasteiger partial charge in [0.2, 0.25) is 0 Å². The fourth-order valence-electron chi connectivity index (χ4n) is 4.04. The third-order valence-corrected chi connectivity index (χ3v) is 6.14. The molecule has 35 heavy (non-hydrogen) atoms. The summed E-state index contributed by atoms with van der Waals surface area (Å²) < 4.78 is 0. The summed E-state index contributed by atoms with van der Waals surface area (Å²) in [5.41, 5.74) is 10.6. The Hall–Kier alpha value is -3.42. The minimum atomic E-state index is -0.694. The van der Waals surface area contributed by atoms with Gasteiger partial charge < -0.3 is 26.6 Å². The number of phenolic OH excluding ortho intramolecular Hbond substituents is 1. The van der Waals surface area contributed by atoms with E-state index in [0.717, 1.165) is 22.3 Å². The summed E-state index contributed by atoms with van der Waals surface area (Å²) in [5, 5.41) is 26.7. The Labute approximate surface area is 207 Å². The first-order valence-electron chi connectivity index (χ1n) is 11.8. The van der Waals surface area contributed by atoms with Gasteiger partial charge in [0, 0.05) is 36.0 Å². The van der Waals surface area contributed by atoms with Gasteiger partial charge in [-0.15, -0.1) is 0 Å². The zero-order chi connectivity index (χ0) is 25.6. The van der Waals surface area contributed by atoms with Crippen LogP contribution in [0.1, 0.15) is 58.1 Å². The van der Waals surface area contributed by atoms with Crippen LogP contribution in [0.4, 0.5) is 5.82 Å². The van der Waals surface area contributed by atoms with Crippen LogP contribution in [0.5, 0.6) is 5.75 Å². The number of amides is 1. The van der Waals surface area contributed by atoms with E-state index in [2.05, 4.69) is 29.5 Å². The normalized spacial score (nSPS) is 12.4. The highest BCUT2D eigenvalue weighted by Crippen LogP contribution is 2.21. The Bertz CT molecular complexity index is 1160. The molecule has 186 valence electrons. The summed E-state index contributed by atoms with van der Waals surface area (Å²) in [5.74, 6) is 0.599. The van der Waals surface area contributed by atoms with Gasteiger partial charge in [-0.05, 0) is 87.1 Å². The number of nitrogen functional groups attached to an aromatic ring is 1. The molecule has 0 unspecified atom stereocenters. The molecule has 0 spiro atoms. The van der Waals surface area contributed by atoms with Crippen LogP contribution in [0.2, 0.25) is 0 Å². The number of carbonyl (C=O) groups excluding carboxylic acids is 1. The number of anilines is 1. The van der Waals surface area contributed by atoms with Crippen molar-refractivity contribution in [3.63, 3.8) is 0 Å². The second-order valence-electron chi connectivity index (χ2n) is 9.75. The van der Waals surface area contributed by atoms with E-state index in [-0.39, 0.29) is 11.4 Å². The zero-order valence-electron chi connectivity index (χ0n) is 20.9. The Kier molecular flexibility index (Phi) is 8.48. The van der Waals surface area contributed by atoms with Gasteiger partial charge in [0.05, 0.1) is 6.10 Å². The zero-order valence-corrected chi connectivity index (χ0v) is 20.9. The van der Waals surface area contributed by atoms with E-state index in [1.165, 1.54) is 0 Å². The number of nitrogens with two attached hydrogens (primary N) is 1. The monoisotopic (exact) mass is 476 g/mol. The minimum Gasteiger partial charge on any atom is -0.508 e. The molecule has 6 N–H and O–H groups in total. The van der Waals surface area contributed by atoms with Crippen molar-refractivity contribution in [2.45, 2.75) is 52.2 Å². The first-order chi connectivity index (χ1) is 16.5. The average Bonchev–Trinajstić information content (AvgIpc) is 2.81. The molecule has 0 saturated carbocycles. The number of aryl methyl sites for hydroxylation is 2. The van der Waals surface area contributed by atoms with Crippen LogP contribution in [0, 0.1) is 13.8 Å². The maximum absolute atomic E-state index is 12.7. The van der Waals surface area contributed by atoms with Crippen molar-refractivity contribution in [1.82, 2.24) is 15.6 Å². The maximum atomic E-state index is 12.7. The first-order valence-corrected chi connectivity index (χ1v) is 11.8. The number of rotatable bonds is 10. The summed E-state index contributed by atoms with van der Waals surface area (Å²) in [6, 6.07) is 14.8. The number of aromatic hydroxyl groups is 1. The molecule has 2 aromatic carbocycles. The van der Waals surface area contributed by atoms with Gasteiger partial charge in [0.25, 0.3) is 5.91 Å². The summed E-state index contributed by atoms with van der Waals surface area (Å²) in [6.07, 6.45) is 2.27. The van der Waals surface area contributed by atoms with Crippen molar-refractivity contribution in [2.24, 2.45) is 0 Å². The smallest absolute Gasteiger partial charge is 0.251 e. The molecule has 1 amide bonds. The predicted octanol–water partition coefficient (Wildman–Crippen LogP) is 3.60. The summed E-state index contributed by atoms with van der Waals surface area (Å²) in [6.45, 7) is 8.84. The second kappa shape index (κ2) is 11.3. The topological polar surface area (TPSA) is 120 Å². The molecule has 0 aliphatic carbocycles. The molecule has 1 atom stereocenters. The maximum Gasteiger partial charge on any atom is 0.251 e. The molecule has 0 bridgehead atoms. The van der Waals surface area contributed by atoms with E-state index < -0.39 is 6.10 Å². The number of phenols is 1. The van der Waals surface area contributed by atoms with Crippen molar-refractivity contribution in [3.05, 3.63) is 88.1 Å². The number of aromatic nitrogens is 1. The molecule has 3 rings (SSSR count). The van der Waals surface area contributed by atoms with Crippen molar-refractivity contribution in [1.29, 1.82) is 0 Å². The standard InChI is InChI=1S/C28H36N4O3/c1-18-13-24(33)19(2)12-21(18)10-11-30-27(35)22-7-5-6-20(14-22)15-28(3,4)32-17-25(34)23-8-9-26(29)31-16-23/h5-9,12-14,16,25,32-34H,10-11,15,17H2,1-4H3,(H2,29,31)(H,30,35)/t25-/m0/s1. The van der Waals surface area contributed by atoms with E-state index in [0.29, 0.717) is 48.6 Å². The van der Waals surface area contributed by atoms with Gasteiger partial charge >= 0.3 is 0 Å². The third-order valence-electron chi connectivity index (χ3n) is 6.14. The lowest BCUT2D eigenvalue weighted by Crippen LogP contribution is -2.43. The van der Waals surface area contributed by atoms with E-state index in [4.69, 9.17) is 5.73 Å². The summed E-state index contributed by atoms with van der Waals surface area (Å²) >= 11 is 0. The second-order valence-corrected chi connectivity index (χ2v) is 9.75. The van der Waals surface area contributed by atoms with E-state index in [9.17, 15) is 15.0 Å². The highest BCUT2D eigenvalue weighted by molar-refractivity contribution is 5.94. The molecule has 3 aromatic rings. The molecule has 0 aliphatic rings. The van der Waals surface area contributed by atoms with Crippen LogP contribution in [0.15, 0.2) is 54.7 Å². The fraction of sp³-hybridized carbons (Fsp3) is 0.357. The minimum absolute atomic E-state index is 0.114. The van der Waals surface area contributed by atoms with Crippen LogP contribution in [0.3, 0.4) is 0 Å². The molecule has 0 radical (unpaired) electrons. The number of hydrogen-bond donors (Lipinski definition) is 5. The SMILES string of the molecule is Cc1cc(CCNC(=O)c2cccc(CC(C)(C)NC[C@H](O)c3ccc(N)nc3)c2)c(C)cc1O. The largest absolute Gasteiger partial charge is 0.508 e. The Morgan fingerprint density at radius 1 is 1.11 bits per heavy atom. The molecule has 0 aliphatic heterocycles. The number of aliphatic hydroxyl groups excluding tert-OH is 1. The van der Waals surface area contributed by atoms with Crippen molar-refractivity contribution in [2.75, 3.05) is 18.8 Å². The summed E-state index contributed by atoms with van der Waals surface area (Å²) in [7, 11) is 0. The summed E-state index contributed by atoms with van der Waals surface area (Å²) in [4.78, 5) is 16.8. The van der Waals surface area contributed by atoms with Crippen molar-refractivity contribution in [3.8, 4) is 5.75 Å². The van der Waals surface area contributed by atoms with Gasteiger partial charge in [-0.25, -0.2) is 4.98 Å². The number of nitrogens with one attached hydrogen (secondary N) is 2. The highest BCUT2D eigenvalue weighted by Gasteiger charge is 2.20. The highest BCUT2D eigenvalue weighted by atomic mass is 16.3. The van der Waals surface area contributed by atoms with Crippen LogP contribution in [-0.2, 0) is 12.8 Å². The van der Waals surface area contributed by atoms with Crippen molar-refractivity contribution >= 4 is 11.7 Å². The third kappa shape index (κ3) is 7.53. The Balaban J connectivity index is 1.54. The molecule has 1 aromatic heterocycles. The van der Waals surface area contributed by atoms with Crippen molar-refractivity contribution < 1.29 is 15.0 Å². The molecular formula is C28H36N4O3. The van der Waals surface area contributed by atoms with Crippen LogP contribution in [0.25, 0.3) is 0 Å². The molecular weight excluding hydrogens is 440 g/mol. The Morgan fingerprint density at radius 3 is 2.60 bits per heavy atom. The number of pyridine rings is 1. The molecule has 0 fully saturated rings. The van der Waals surface area contributed by atoms with Crippen LogP contribution >= 0.6 is 0 Å². The molecule has 1 heterocycles. The fourth-order valence-corrected chi connectivity index (χ4v) is 4.04. The number of carbonyl (C=O) groups is 1. The van der Waals surface area contributed by atoms with Gasteiger partial charge in [-0.1, -0.05) is 24.3 Å². The quantitative estimate of drug-likeness (QED) is 0.305. The van der Waals surface area contributed by atoms with Crippen LogP contribution in [-0.4, -0.2) is 39.7 Å². The average molecular weight is 477 g/mol. The lowest BCUT2D eigenvalue weighted by atomic mass is 9.93. The number of benzene rings is 2. The van der Waals surface area contributed by atoms with E-state index in [1.54, 1.807) is 24.4 Å². The number of aliphatic hydroxyl groups is 1. The van der Waals surface area contributed by atoms with Gasteiger partial charge in [-0.2, -0.15) is 0 Å². The lowest BCUT2D eigenvalue weighted by Gasteiger charge is -2.28. The van der Waals surface area contributed by atoms with Crippen LogP contribution < -0.4 is 16.4 Å². The van der Waals surface area contributed by atoms with Gasteiger partial charge in [0.15, 0.2) is 0 Å². The number of hydrogen-bond acceptors (Lipinski definition) is 6.